The molecule has 0 radical (unpaired) electrons. The zero-order valence-corrected chi connectivity index (χ0v) is 14.5. The molecule has 0 aliphatic heterocycles. The topological polar surface area (TPSA) is 0 Å². The first-order chi connectivity index (χ1) is 9.00. The lowest BCUT2D eigenvalue weighted by molar-refractivity contribution is 0.0421. The lowest BCUT2D eigenvalue weighted by Crippen LogP contribution is -2.36. The molecule has 20 heavy (non-hydrogen) atoms. The number of hydrogen-bond donors (Lipinski definition) is 0. The van der Waals surface area contributed by atoms with Crippen molar-refractivity contribution in [2.75, 3.05) is 0 Å². The van der Waals surface area contributed by atoms with E-state index in [2.05, 4.69) is 27.7 Å². The van der Waals surface area contributed by atoms with Crippen molar-refractivity contribution < 1.29 is 0 Å². The molecule has 2 rings (SSSR count). The Kier molecular flexibility index (Phi) is 9.11. The van der Waals surface area contributed by atoms with Crippen molar-refractivity contribution in [1.82, 2.24) is 0 Å². The third-order valence-electron chi connectivity index (χ3n) is 6.14. The Labute approximate surface area is 130 Å². The van der Waals surface area contributed by atoms with Gasteiger partial charge in [-0.05, 0) is 54.8 Å². The summed E-state index contributed by atoms with van der Waals surface area (Å²) < 4.78 is 0. The Balaban J connectivity index is 0.00000115. The second-order valence-electron chi connectivity index (χ2n) is 7.73. The van der Waals surface area contributed by atoms with Crippen LogP contribution in [0.5, 0.6) is 0 Å². The van der Waals surface area contributed by atoms with Crippen LogP contribution in [0.4, 0.5) is 0 Å². The molecule has 0 amide bonds. The van der Waals surface area contributed by atoms with Gasteiger partial charge >= 0.3 is 0 Å². The molecular weight excluding hydrogens is 240 g/mol. The van der Waals surface area contributed by atoms with Crippen LogP contribution in [-0.2, 0) is 0 Å². The van der Waals surface area contributed by atoms with Gasteiger partial charge in [-0.15, -0.1) is 0 Å². The standard InChI is InChI=1S/C17H32.C2H6.CH4/c1-13-5-9-15(10-6-13)17(3,4)16-11-7-14(2)8-12-16;1-2;/h13-16H,5-12H2,1-4H3;1-2H3;1H4. The average molecular weight is 283 g/mol. The van der Waals surface area contributed by atoms with Crippen LogP contribution in [0.3, 0.4) is 0 Å². The normalized spacial score (nSPS) is 34.5. The summed E-state index contributed by atoms with van der Waals surface area (Å²) in [5, 5.41) is 0. The molecule has 0 bridgehead atoms. The largest absolute Gasteiger partial charge is 0.0776 e. The Hall–Kier alpha value is 0. The summed E-state index contributed by atoms with van der Waals surface area (Å²) in [6, 6.07) is 0. The van der Waals surface area contributed by atoms with Crippen molar-refractivity contribution in [2.24, 2.45) is 29.1 Å². The predicted octanol–water partition coefficient (Wildman–Crippen LogP) is 7.33. The van der Waals surface area contributed by atoms with Gasteiger partial charge in [-0.25, -0.2) is 0 Å². The van der Waals surface area contributed by atoms with Gasteiger partial charge in [0.1, 0.15) is 0 Å². The van der Waals surface area contributed by atoms with Gasteiger partial charge in [0.15, 0.2) is 0 Å². The van der Waals surface area contributed by atoms with Crippen LogP contribution in [-0.4, -0.2) is 0 Å². The van der Waals surface area contributed by atoms with E-state index in [0.29, 0.717) is 5.41 Å². The van der Waals surface area contributed by atoms with Crippen molar-refractivity contribution in [3.8, 4) is 0 Å². The Morgan fingerprint density at radius 1 is 0.600 bits per heavy atom. The molecule has 2 aliphatic carbocycles. The van der Waals surface area contributed by atoms with Crippen LogP contribution in [0, 0.1) is 29.1 Å². The molecule has 2 saturated carbocycles. The van der Waals surface area contributed by atoms with Crippen molar-refractivity contribution in [3.63, 3.8) is 0 Å². The van der Waals surface area contributed by atoms with Gasteiger partial charge in [-0.1, -0.05) is 74.7 Å². The summed E-state index contributed by atoms with van der Waals surface area (Å²) >= 11 is 0. The van der Waals surface area contributed by atoms with Crippen molar-refractivity contribution in [3.05, 3.63) is 0 Å². The fourth-order valence-corrected chi connectivity index (χ4v) is 4.34. The quantitative estimate of drug-likeness (QED) is 0.497. The van der Waals surface area contributed by atoms with E-state index >= 15 is 0 Å². The van der Waals surface area contributed by atoms with Crippen LogP contribution in [0.2, 0.25) is 0 Å². The van der Waals surface area contributed by atoms with E-state index in [4.69, 9.17) is 0 Å². The third-order valence-corrected chi connectivity index (χ3v) is 6.14. The van der Waals surface area contributed by atoms with Gasteiger partial charge in [0, 0.05) is 0 Å². The van der Waals surface area contributed by atoms with Gasteiger partial charge in [0.25, 0.3) is 0 Å². The molecule has 2 fully saturated rings. The molecule has 0 unspecified atom stereocenters. The maximum Gasteiger partial charge on any atom is -0.0298 e. The highest BCUT2D eigenvalue weighted by Gasteiger charge is 2.39. The summed E-state index contributed by atoms with van der Waals surface area (Å²) in [5.41, 5.74) is 0.611. The van der Waals surface area contributed by atoms with Crippen LogP contribution in [0.15, 0.2) is 0 Å². The van der Waals surface area contributed by atoms with E-state index in [1.54, 1.807) is 0 Å². The summed E-state index contributed by atoms with van der Waals surface area (Å²) in [4.78, 5) is 0. The Morgan fingerprint density at radius 2 is 0.850 bits per heavy atom. The van der Waals surface area contributed by atoms with E-state index in [-0.39, 0.29) is 7.43 Å². The second kappa shape index (κ2) is 9.11. The van der Waals surface area contributed by atoms with Gasteiger partial charge in [0.05, 0.1) is 0 Å². The smallest absolute Gasteiger partial charge is 0.0298 e. The first kappa shape index (κ1) is 20.0. The Bertz CT molecular complexity index is 200. The predicted molar refractivity (Wildman–Crippen MR) is 94.1 cm³/mol. The molecule has 122 valence electrons. The summed E-state index contributed by atoms with van der Waals surface area (Å²) in [6.07, 6.45) is 11.9. The Morgan fingerprint density at radius 3 is 1.10 bits per heavy atom. The molecule has 0 saturated heterocycles. The molecular formula is C20H42. The zero-order chi connectivity index (χ0) is 14.5. The fraction of sp³-hybridized carbons (Fsp3) is 1.00. The van der Waals surface area contributed by atoms with Gasteiger partial charge in [-0.3, -0.25) is 0 Å². The van der Waals surface area contributed by atoms with Crippen molar-refractivity contribution in [2.45, 2.75) is 100 Å². The summed E-state index contributed by atoms with van der Waals surface area (Å²) in [5.74, 6) is 4.01. The molecule has 0 aromatic carbocycles. The maximum atomic E-state index is 2.58. The maximum absolute atomic E-state index is 2.58. The minimum atomic E-state index is 0. The first-order valence-corrected chi connectivity index (χ1v) is 9.00. The average Bonchev–Trinajstić information content (AvgIpc) is 2.42. The zero-order valence-electron chi connectivity index (χ0n) is 14.5. The van der Waals surface area contributed by atoms with Crippen molar-refractivity contribution in [1.29, 1.82) is 0 Å². The van der Waals surface area contributed by atoms with Gasteiger partial charge < -0.3 is 0 Å². The third kappa shape index (κ3) is 5.08. The van der Waals surface area contributed by atoms with E-state index in [1.165, 1.54) is 51.4 Å². The van der Waals surface area contributed by atoms with E-state index in [0.717, 1.165) is 23.7 Å². The lowest BCUT2D eigenvalue weighted by atomic mass is 9.59. The molecule has 0 aromatic rings. The van der Waals surface area contributed by atoms with Crippen LogP contribution < -0.4 is 0 Å². The minimum absolute atomic E-state index is 0. The molecule has 0 N–H and O–H groups in total. The van der Waals surface area contributed by atoms with E-state index < -0.39 is 0 Å². The van der Waals surface area contributed by atoms with Gasteiger partial charge in [-0.2, -0.15) is 0 Å². The molecule has 0 nitrogen and oxygen atoms in total. The van der Waals surface area contributed by atoms with Gasteiger partial charge in [0.2, 0.25) is 0 Å². The van der Waals surface area contributed by atoms with Crippen LogP contribution in [0.25, 0.3) is 0 Å². The molecule has 0 atom stereocenters. The monoisotopic (exact) mass is 282 g/mol. The molecule has 0 heterocycles. The fourth-order valence-electron chi connectivity index (χ4n) is 4.34. The van der Waals surface area contributed by atoms with Crippen LogP contribution in [0.1, 0.15) is 100 Å². The lowest BCUT2D eigenvalue weighted by Gasteiger charge is -2.46. The number of hydrogen-bond acceptors (Lipinski definition) is 0. The van der Waals surface area contributed by atoms with E-state index in [1.807, 2.05) is 13.8 Å². The highest BCUT2D eigenvalue weighted by atomic mass is 14.4. The van der Waals surface area contributed by atoms with Crippen LogP contribution >= 0.6 is 0 Å². The van der Waals surface area contributed by atoms with Crippen molar-refractivity contribution >= 4 is 0 Å². The minimum Gasteiger partial charge on any atom is -0.0776 e. The molecule has 2 aliphatic rings. The summed E-state index contributed by atoms with van der Waals surface area (Å²) in [7, 11) is 0. The van der Waals surface area contributed by atoms with E-state index in [9.17, 15) is 0 Å². The highest BCUT2D eigenvalue weighted by Crippen LogP contribution is 2.49. The highest BCUT2D eigenvalue weighted by molar-refractivity contribution is 4.89. The SMILES string of the molecule is C.CC.CC1CCC(C(C)(C)C2CCC(C)CC2)CC1. The first-order valence-electron chi connectivity index (χ1n) is 9.00. The number of rotatable bonds is 2. The second-order valence-corrected chi connectivity index (χ2v) is 7.73. The summed E-state index contributed by atoms with van der Waals surface area (Å²) in [6.45, 7) is 14.0. The molecule has 0 heteroatoms. The molecule has 0 spiro atoms. The molecule has 0 aromatic heterocycles.